The minimum Gasteiger partial charge on any atom is -0.486 e. The molecule has 0 bridgehead atoms. The van der Waals surface area contributed by atoms with Gasteiger partial charge in [0.1, 0.15) is 18.1 Å². The third kappa shape index (κ3) is 3.87. The summed E-state index contributed by atoms with van der Waals surface area (Å²) in [6.45, 7) is 0.330. The third-order valence-corrected chi connectivity index (χ3v) is 3.02. The highest BCUT2D eigenvalue weighted by atomic mass is 16.5. The number of rotatable bonds is 6. The van der Waals surface area contributed by atoms with E-state index >= 15 is 0 Å². The molecular weight excluding hydrogens is 284 g/mol. The molecule has 1 aromatic heterocycles. The van der Waals surface area contributed by atoms with Crippen molar-refractivity contribution in [2.45, 2.75) is 6.61 Å². The first-order chi connectivity index (χ1) is 10.6. The second-order valence-electron chi connectivity index (χ2n) is 4.64. The van der Waals surface area contributed by atoms with E-state index in [9.17, 15) is 4.79 Å². The van der Waals surface area contributed by atoms with Crippen molar-refractivity contribution in [3.8, 4) is 11.8 Å². The van der Waals surface area contributed by atoms with Gasteiger partial charge in [-0.3, -0.25) is 4.79 Å². The molecule has 1 heterocycles. The average Bonchev–Trinajstić information content (AvgIpc) is 3.02. The molecule has 0 aliphatic heterocycles. The smallest absolute Gasteiger partial charge is 0.289 e. The monoisotopic (exact) mass is 300 g/mol. The Hall–Kier alpha value is -2.78. The highest BCUT2D eigenvalue weighted by Gasteiger charge is 2.15. The second kappa shape index (κ2) is 7.29. The molecule has 114 valence electrons. The highest BCUT2D eigenvalue weighted by molar-refractivity contribution is 5.91. The number of nitriles is 1. The molecule has 1 aromatic carbocycles. The summed E-state index contributed by atoms with van der Waals surface area (Å²) in [4.78, 5) is 13.3. The van der Waals surface area contributed by atoms with Crippen LogP contribution in [0.4, 0.5) is 0 Å². The summed E-state index contributed by atoms with van der Waals surface area (Å²) in [6.07, 6.45) is 0. The fourth-order valence-corrected chi connectivity index (χ4v) is 1.79. The largest absolute Gasteiger partial charge is 0.486 e. The predicted molar refractivity (Wildman–Crippen MR) is 78.2 cm³/mol. The van der Waals surface area contributed by atoms with Crippen molar-refractivity contribution in [1.29, 1.82) is 5.26 Å². The first kappa shape index (κ1) is 15.6. The minimum atomic E-state index is -0.293. The van der Waals surface area contributed by atoms with E-state index in [1.165, 1.54) is 4.90 Å². The fraction of sp³-hybridized carbons (Fsp3) is 0.250. The van der Waals surface area contributed by atoms with Crippen LogP contribution in [0.1, 0.15) is 21.9 Å². The molecule has 0 fully saturated rings. The maximum atomic E-state index is 11.9. The summed E-state index contributed by atoms with van der Waals surface area (Å²) in [6, 6.07) is 12.0. The van der Waals surface area contributed by atoms with Gasteiger partial charge >= 0.3 is 0 Å². The second-order valence-corrected chi connectivity index (χ2v) is 4.64. The zero-order valence-corrected chi connectivity index (χ0v) is 12.2. The molecule has 0 saturated heterocycles. The number of hydrogen-bond acceptors (Lipinski definition) is 5. The Balaban J connectivity index is 1.94. The number of aliphatic hydroxyl groups is 1. The quantitative estimate of drug-likeness (QED) is 0.879. The lowest BCUT2D eigenvalue weighted by molar-refractivity contribution is 0.0731. The Morgan fingerprint density at radius 2 is 2.05 bits per heavy atom. The molecule has 1 N–H and O–H groups in total. The topological polar surface area (TPSA) is 86.7 Å². The molecule has 0 saturated carbocycles. The van der Waals surface area contributed by atoms with Gasteiger partial charge in [-0.05, 0) is 36.4 Å². The molecule has 2 aromatic rings. The van der Waals surface area contributed by atoms with Crippen molar-refractivity contribution in [3.63, 3.8) is 0 Å². The third-order valence-electron chi connectivity index (χ3n) is 3.02. The average molecular weight is 300 g/mol. The number of benzene rings is 1. The van der Waals surface area contributed by atoms with Crippen LogP contribution in [0, 0.1) is 11.3 Å². The zero-order valence-electron chi connectivity index (χ0n) is 12.2. The normalized spacial score (nSPS) is 10.0. The number of carbonyl (C=O) groups is 1. The van der Waals surface area contributed by atoms with Crippen molar-refractivity contribution < 1.29 is 19.1 Å². The van der Waals surface area contributed by atoms with E-state index in [0.29, 0.717) is 17.1 Å². The van der Waals surface area contributed by atoms with E-state index < -0.39 is 0 Å². The molecule has 1 amide bonds. The van der Waals surface area contributed by atoms with Gasteiger partial charge in [-0.15, -0.1) is 0 Å². The number of aliphatic hydroxyl groups excluding tert-OH is 1. The number of ether oxygens (including phenoxy) is 1. The van der Waals surface area contributed by atoms with Crippen molar-refractivity contribution >= 4 is 5.91 Å². The van der Waals surface area contributed by atoms with Crippen LogP contribution >= 0.6 is 0 Å². The van der Waals surface area contributed by atoms with Crippen LogP contribution in [0.5, 0.6) is 5.75 Å². The summed E-state index contributed by atoms with van der Waals surface area (Å²) in [5, 5.41) is 17.5. The Morgan fingerprint density at radius 3 is 2.68 bits per heavy atom. The summed E-state index contributed by atoms with van der Waals surface area (Å²) in [5.74, 6) is 1.04. The Bertz CT molecular complexity index is 670. The Kier molecular flexibility index (Phi) is 5.17. The van der Waals surface area contributed by atoms with Crippen LogP contribution < -0.4 is 4.74 Å². The van der Waals surface area contributed by atoms with Crippen LogP contribution in [-0.2, 0) is 6.61 Å². The van der Waals surface area contributed by atoms with Crippen LogP contribution in [0.15, 0.2) is 40.8 Å². The molecule has 0 aliphatic rings. The van der Waals surface area contributed by atoms with E-state index in [1.807, 2.05) is 6.07 Å². The predicted octanol–water partition coefficient (Wildman–Crippen LogP) is 1.79. The Labute approximate surface area is 128 Å². The lowest BCUT2D eigenvalue weighted by Gasteiger charge is -2.13. The standard InChI is InChI=1S/C16H16N2O4/c1-18(8-9-19)16(20)15-7-6-14(22-15)11-21-13-4-2-12(10-17)3-5-13/h2-7,19H,8-9,11H2,1H3. The van der Waals surface area contributed by atoms with Gasteiger partial charge in [0, 0.05) is 13.6 Å². The van der Waals surface area contributed by atoms with Crippen molar-refractivity contribution in [2.75, 3.05) is 20.2 Å². The van der Waals surface area contributed by atoms with Crippen LogP contribution in [0.25, 0.3) is 0 Å². The van der Waals surface area contributed by atoms with E-state index in [1.54, 1.807) is 43.4 Å². The van der Waals surface area contributed by atoms with Crippen LogP contribution in [-0.4, -0.2) is 36.1 Å². The van der Waals surface area contributed by atoms with E-state index in [2.05, 4.69) is 0 Å². The zero-order chi connectivity index (χ0) is 15.9. The minimum absolute atomic E-state index is 0.0996. The summed E-state index contributed by atoms with van der Waals surface area (Å²) >= 11 is 0. The van der Waals surface area contributed by atoms with E-state index in [4.69, 9.17) is 19.5 Å². The van der Waals surface area contributed by atoms with Crippen LogP contribution in [0.2, 0.25) is 0 Å². The van der Waals surface area contributed by atoms with Gasteiger partial charge in [0.2, 0.25) is 0 Å². The van der Waals surface area contributed by atoms with Gasteiger partial charge in [0.05, 0.1) is 18.2 Å². The molecule has 0 spiro atoms. The van der Waals surface area contributed by atoms with E-state index in [-0.39, 0.29) is 31.4 Å². The number of nitrogens with zero attached hydrogens (tertiary/aromatic N) is 2. The lowest BCUT2D eigenvalue weighted by Crippen LogP contribution is -2.29. The number of amides is 1. The highest BCUT2D eigenvalue weighted by Crippen LogP contribution is 2.16. The van der Waals surface area contributed by atoms with Crippen molar-refractivity contribution in [3.05, 3.63) is 53.5 Å². The first-order valence-electron chi connectivity index (χ1n) is 6.72. The molecular formula is C16H16N2O4. The van der Waals surface area contributed by atoms with Gasteiger partial charge in [-0.25, -0.2) is 0 Å². The molecule has 2 rings (SSSR count). The fourth-order valence-electron chi connectivity index (χ4n) is 1.79. The summed E-state index contributed by atoms with van der Waals surface area (Å²) < 4.78 is 11.0. The van der Waals surface area contributed by atoms with Gasteiger partial charge in [0.15, 0.2) is 5.76 Å². The molecule has 0 radical (unpaired) electrons. The van der Waals surface area contributed by atoms with Crippen molar-refractivity contribution in [2.24, 2.45) is 0 Å². The molecule has 22 heavy (non-hydrogen) atoms. The molecule has 6 heteroatoms. The number of furan rings is 1. The van der Waals surface area contributed by atoms with Gasteiger partial charge < -0.3 is 19.2 Å². The SMILES string of the molecule is CN(CCO)C(=O)c1ccc(COc2ccc(C#N)cc2)o1. The molecule has 0 atom stereocenters. The molecule has 0 aliphatic carbocycles. The number of likely N-dealkylation sites (N-methyl/N-ethyl adjacent to an activating group) is 1. The van der Waals surface area contributed by atoms with E-state index in [0.717, 1.165) is 0 Å². The van der Waals surface area contributed by atoms with Gasteiger partial charge in [0.25, 0.3) is 5.91 Å². The lowest BCUT2D eigenvalue weighted by atomic mass is 10.2. The Morgan fingerprint density at radius 1 is 1.32 bits per heavy atom. The maximum absolute atomic E-state index is 11.9. The van der Waals surface area contributed by atoms with Gasteiger partial charge in [-0.2, -0.15) is 5.26 Å². The summed E-state index contributed by atoms with van der Waals surface area (Å²) in [7, 11) is 1.59. The summed E-state index contributed by atoms with van der Waals surface area (Å²) in [5.41, 5.74) is 0.560. The van der Waals surface area contributed by atoms with Gasteiger partial charge in [-0.1, -0.05) is 0 Å². The number of hydrogen-bond donors (Lipinski definition) is 1. The molecule has 0 unspecified atom stereocenters. The molecule has 6 nitrogen and oxygen atoms in total. The maximum Gasteiger partial charge on any atom is 0.289 e. The van der Waals surface area contributed by atoms with Crippen molar-refractivity contribution in [1.82, 2.24) is 4.90 Å². The number of carbonyl (C=O) groups excluding carboxylic acids is 1. The first-order valence-corrected chi connectivity index (χ1v) is 6.72. The van der Waals surface area contributed by atoms with Crippen LogP contribution in [0.3, 0.4) is 0 Å².